The van der Waals surface area contributed by atoms with Gasteiger partial charge in [-0.1, -0.05) is 103 Å². The van der Waals surface area contributed by atoms with Gasteiger partial charge in [-0.15, -0.1) is 11.3 Å². The molecule has 0 radical (unpaired) electrons. The second kappa shape index (κ2) is 10.7. The number of benzene rings is 6. The lowest BCUT2D eigenvalue weighted by molar-refractivity contribution is -0.137. The van der Waals surface area contributed by atoms with Crippen molar-refractivity contribution in [1.82, 2.24) is 4.98 Å². The molecule has 0 unspecified atom stereocenters. The van der Waals surface area contributed by atoms with E-state index in [1.54, 1.807) is 11.3 Å². The molecule has 5 heteroatoms. The summed E-state index contributed by atoms with van der Waals surface area (Å²) in [7, 11) is 0. The third kappa shape index (κ3) is 5.05. The molecule has 0 N–H and O–H groups in total. The van der Waals surface area contributed by atoms with Crippen molar-refractivity contribution in [3.8, 4) is 44.5 Å². The lowest BCUT2D eigenvalue weighted by Crippen LogP contribution is -2.03. The summed E-state index contributed by atoms with van der Waals surface area (Å²) in [6.45, 7) is 0. The molecule has 0 aliphatic carbocycles. The van der Waals surface area contributed by atoms with Gasteiger partial charge >= 0.3 is 6.18 Å². The van der Waals surface area contributed by atoms with E-state index in [1.807, 2.05) is 36.5 Å². The zero-order chi connectivity index (χ0) is 30.5. The Bertz CT molecular complexity index is 2330. The van der Waals surface area contributed by atoms with Crippen molar-refractivity contribution in [3.63, 3.8) is 0 Å². The van der Waals surface area contributed by atoms with Gasteiger partial charge < -0.3 is 0 Å². The standard InChI is InChI=1S/C40H24F3NS/c41-40(42,43)34-20-18-26(19-21-34)25-6-8-27(9-7-25)30-14-16-33-24-31(15-17-32(33)23-30)28-10-12-29(13-11-28)35-3-1-4-36-37-5-2-22-44-39(37)45-38(35)36/h1-24H. The molecule has 0 amide bonds. The molecule has 2 heterocycles. The minimum atomic E-state index is -4.34. The molecular formula is C40H24F3NS. The van der Waals surface area contributed by atoms with Crippen molar-refractivity contribution < 1.29 is 13.2 Å². The van der Waals surface area contributed by atoms with Crippen LogP contribution >= 0.6 is 11.3 Å². The van der Waals surface area contributed by atoms with Gasteiger partial charge in [0.05, 0.1) is 5.56 Å². The number of hydrogen-bond donors (Lipinski definition) is 0. The number of aromatic nitrogens is 1. The molecule has 0 spiro atoms. The van der Waals surface area contributed by atoms with Crippen molar-refractivity contribution >= 4 is 42.4 Å². The van der Waals surface area contributed by atoms with E-state index in [-0.39, 0.29) is 0 Å². The minimum Gasteiger partial charge on any atom is -0.245 e. The van der Waals surface area contributed by atoms with E-state index in [0.717, 1.165) is 61.1 Å². The Morgan fingerprint density at radius 3 is 1.53 bits per heavy atom. The maximum Gasteiger partial charge on any atom is 0.416 e. The Morgan fingerprint density at radius 1 is 0.467 bits per heavy atom. The number of alkyl halides is 3. The molecule has 0 aliphatic heterocycles. The van der Waals surface area contributed by atoms with Gasteiger partial charge in [-0.2, -0.15) is 13.2 Å². The van der Waals surface area contributed by atoms with Gasteiger partial charge in [0.1, 0.15) is 4.83 Å². The summed E-state index contributed by atoms with van der Waals surface area (Å²) >= 11 is 1.74. The maximum atomic E-state index is 12.9. The third-order valence-corrected chi connectivity index (χ3v) is 9.57. The third-order valence-electron chi connectivity index (χ3n) is 8.41. The number of nitrogens with zero attached hydrogens (tertiary/aromatic N) is 1. The van der Waals surface area contributed by atoms with Gasteiger partial charge in [-0.05, 0) is 91.7 Å². The zero-order valence-electron chi connectivity index (χ0n) is 23.8. The summed E-state index contributed by atoms with van der Waals surface area (Å²) in [5, 5.41) is 4.74. The molecule has 216 valence electrons. The first-order chi connectivity index (χ1) is 21.9. The number of fused-ring (bicyclic) bond motifs is 4. The van der Waals surface area contributed by atoms with Crippen LogP contribution in [0.4, 0.5) is 13.2 Å². The van der Waals surface area contributed by atoms with Crippen LogP contribution in [0.15, 0.2) is 146 Å². The molecule has 0 fully saturated rings. The van der Waals surface area contributed by atoms with Crippen LogP contribution in [-0.4, -0.2) is 4.98 Å². The highest BCUT2D eigenvalue weighted by Gasteiger charge is 2.30. The summed E-state index contributed by atoms with van der Waals surface area (Å²) < 4.78 is 40.0. The van der Waals surface area contributed by atoms with Crippen molar-refractivity contribution in [1.29, 1.82) is 0 Å². The molecule has 0 saturated carbocycles. The number of hydrogen-bond acceptors (Lipinski definition) is 2. The average molecular weight is 608 g/mol. The van der Waals surface area contributed by atoms with Crippen LogP contribution in [-0.2, 0) is 6.18 Å². The highest BCUT2D eigenvalue weighted by atomic mass is 32.1. The van der Waals surface area contributed by atoms with Gasteiger partial charge in [0.15, 0.2) is 0 Å². The zero-order valence-corrected chi connectivity index (χ0v) is 24.7. The summed E-state index contributed by atoms with van der Waals surface area (Å²) in [4.78, 5) is 5.63. The molecule has 0 atom stereocenters. The van der Waals surface area contributed by atoms with Gasteiger partial charge in [-0.25, -0.2) is 4.98 Å². The molecule has 0 saturated heterocycles. The fourth-order valence-corrected chi connectivity index (χ4v) is 7.19. The van der Waals surface area contributed by atoms with Crippen LogP contribution < -0.4 is 0 Å². The van der Waals surface area contributed by atoms with Crippen LogP contribution in [0.5, 0.6) is 0 Å². The molecule has 0 bridgehead atoms. The van der Waals surface area contributed by atoms with Crippen molar-refractivity contribution in [2.75, 3.05) is 0 Å². The maximum absolute atomic E-state index is 12.9. The quantitative estimate of drug-likeness (QED) is 0.194. The van der Waals surface area contributed by atoms with E-state index in [1.165, 1.54) is 38.7 Å². The largest absolute Gasteiger partial charge is 0.416 e. The molecule has 8 aromatic rings. The number of rotatable bonds is 4. The van der Waals surface area contributed by atoms with Crippen LogP contribution in [0.2, 0.25) is 0 Å². The summed E-state index contributed by atoms with van der Waals surface area (Å²) in [5.74, 6) is 0. The second-order valence-corrected chi connectivity index (χ2v) is 12.1. The van der Waals surface area contributed by atoms with E-state index in [4.69, 9.17) is 0 Å². The van der Waals surface area contributed by atoms with Crippen molar-refractivity contribution in [2.45, 2.75) is 6.18 Å². The summed E-state index contributed by atoms with van der Waals surface area (Å²) in [6.07, 6.45) is -2.49. The van der Waals surface area contributed by atoms with Gasteiger partial charge in [0.25, 0.3) is 0 Å². The van der Waals surface area contributed by atoms with Crippen molar-refractivity contribution in [2.24, 2.45) is 0 Å². The Hall–Kier alpha value is -5.26. The Labute approximate surface area is 261 Å². The number of halogens is 3. The lowest BCUT2D eigenvalue weighted by Gasteiger charge is -2.10. The SMILES string of the molecule is FC(F)(F)c1ccc(-c2ccc(-c3ccc4cc(-c5ccc(-c6cccc7c6sc6ncccc67)cc5)ccc4c3)cc2)cc1. The van der Waals surface area contributed by atoms with Crippen molar-refractivity contribution in [3.05, 3.63) is 151 Å². The van der Waals surface area contributed by atoms with Gasteiger partial charge in [0, 0.05) is 21.7 Å². The van der Waals surface area contributed by atoms with Crippen LogP contribution in [0, 0.1) is 0 Å². The van der Waals surface area contributed by atoms with Gasteiger partial charge in [-0.3, -0.25) is 0 Å². The second-order valence-electron chi connectivity index (χ2n) is 11.1. The Morgan fingerprint density at radius 2 is 0.956 bits per heavy atom. The Balaban J connectivity index is 1.04. The summed E-state index contributed by atoms with van der Waals surface area (Å²) in [6, 6.07) is 45.6. The first kappa shape index (κ1) is 27.3. The minimum absolute atomic E-state index is 0.641. The molecule has 0 aliphatic rings. The van der Waals surface area contributed by atoms with E-state index in [0.29, 0.717) is 0 Å². The van der Waals surface area contributed by atoms with Gasteiger partial charge in [0.2, 0.25) is 0 Å². The first-order valence-electron chi connectivity index (χ1n) is 14.6. The highest BCUT2D eigenvalue weighted by molar-refractivity contribution is 7.26. The number of thiophene rings is 1. The lowest BCUT2D eigenvalue weighted by atomic mass is 9.95. The predicted octanol–water partition coefficient (Wildman–Crippen LogP) is 12.3. The number of pyridine rings is 1. The monoisotopic (exact) mass is 607 g/mol. The van der Waals surface area contributed by atoms with E-state index >= 15 is 0 Å². The molecule has 8 rings (SSSR count). The van der Waals surface area contributed by atoms with Crippen LogP contribution in [0.25, 0.3) is 75.6 Å². The molecule has 45 heavy (non-hydrogen) atoms. The fraction of sp³-hybridized carbons (Fsp3) is 0.0250. The van der Waals surface area contributed by atoms with Crippen LogP contribution in [0.3, 0.4) is 0 Å². The average Bonchev–Trinajstić information content (AvgIpc) is 3.47. The molecule has 2 aromatic heterocycles. The summed E-state index contributed by atoms with van der Waals surface area (Å²) in [5.41, 5.74) is 7.86. The molecular weight excluding hydrogens is 584 g/mol. The molecule has 1 nitrogen and oxygen atoms in total. The van der Waals surface area contributed by atoms with Crippen LogP contribution in [0.1, 0.15) is 5.56 Å². The predicted molar refractivity (Wildman–Crippen MR) is 181 cm³/mol. The van der Waals surface area contributed by atoms with E-state index in [2.05, 4.69) is 89.9 Å². The van der Waals surface area contributed by atoms with E-state index < -0.39 is 11.7 Å². The molecule has 6 aromatic carbocycles. The highest BCUT2D eigenvalue weighted by Crippen LogP contribution is 2.39. The fourth-order valence-electron chi connectivity index (χ4n) is 6.01. The topological polar surface area (TPSA) is 12.9 Å². The first-order valence-corrected chi connectivity index (χ1v) is 15.4. The normalized spacial score (nSPS) is 11.9. The smallest absolute Gasteiger partial charge is 0.245 e. The van der Waals surface area contributed by atoms with E-state index in [9.17, 15) is 13.2 Å². The Kier molecular flexibility index (Phi) is 6.50.